The number of hydrogen-bond donors (Lipinski definition) is 1. The van der Waals surface area contributed by atoms with Gasteiger partial charge in [0.25, 0.3) is 0 Å². The SMILES string of the molecule is CCC(C(=O)O)C1C2CC(Oc3ccnc4ccc(F)cc34)CC21. The highest BCUT2D eigenvalue weighted by atomic mass is 19.1. The summed E-state index contributed by atoms with van der Waals surface area (Å²) < 4.78 is 19.6. The van der Waals surface area contributed by atoms with Crippen molar-refractivity contribution in [3.63, 3.8) is 0 Å². The first-order valence-corrected chi connectivity index (χ1v) is 8.52. The summed E-state index contributed by atoms with van der Waals surface area (Å²) in [6, 6.07) is 6.27. The number of aromatic nitrogens is 1. The number of rotatable bonds is 5. The molecule has 2 aromatic rings. The number of carboxylic acid groups (broad SMARTS) is 1. The molecule has 4 nitrogen and oxygen atoms in total. The molecule has 4 rings (SSSR count). The minimum atomic E-state index is -0.676. The van der Waals surface area contributed by atoms with E-state index in [1.165, 1.54) is 12.1 Å². The van der Waals surface area contributed by atoms with Crippen molar-refractivity contribution in [2.75, 3.05) is 0 Å². The number of benzene rings is 1. The molecule has 0 bridgehead atoms. The van der Waals surface area contributed by atoms with E-state index in [9.17, 15) is 14.3 Å². The van der Waals surface area contributed by atoms with Crippen molar-refractivity contribution >= 4 is 16.9 Å². The number of carbonyl (C=O) groups is 1. The zero-order valence-electron chi connectivity index (χ0n) is 13.5. The summed E-state index contributed by atoms with van der Waals surface area (Å²) in [4.78, 5) is 15.6. The van der Waals surface area contributed by atoms with Crippen LogP contribution in [0, 0.1) is 29.5 Å². The van der Waals surface area contributed by atoms with Crippen LogP contribution in [0.2, 0.25) is 0 Å². The average Bonchev–Trinajstić information content (AvgIpc) is 3.02. The zero-order valence-corrected chi connectivity index (χ0v) is 13.5. The summed E-state index contributed by atoms with van der Waals surface area (Å²) in [5.41, 5.74) is 0.715. The van der Waals surface area contributed by atoms with Gasteiger partial charge in [-0.2, -0.15) is 0 Å². The zero-order chi connectivity index (χ0) is 16.8. The summed E-state index contributed by atoms with van der Waals surface area (Å²) >= 11 is 0. The lowest BCUT2D eigenvalue weighted by Gasteiger charge is -2.20. The molecule has 2 aliphatic rings. The smallest absolute Gasteiger partial charge is 0.306 e. The quantitative estimate of drug-likeness (QED) is 0.904. The molecule has 1 N–H and O–H groups in total. The molecule has 3 unspecified atom stereocenters. The Kier molecular flexibility index (Phi) is 3.66. The highest BCUT2D eigenvalue weighted by molar-refractivity contribution is 5.84. The Morgan fingerprint density at radius 3 is 2.79 bits per heavy atom. The number of nitrogens with zero attached hydrogens (tertiary/aromatic N) is 1. The largest absolute Gasteiger partial charge is 0.490 e. The van der Waals surface area contributed by atoms with Gasteiger partial charge in [-0.05, 0) is 61.3 Å². The van der Waals surface area contributed by atoms with Crippen molar-refractivity contribution in [2.45, 2.75) is 32.3 Å². The Hall–Kier alpha value is -2.17. The van der Waals surface area contributed by atoms with Gasteiger partial charge in [0.05, 0.1) is 17.5 Å². The molecular weight excluding hydrogens is 309 g/mol. The van der Waals surface area contributed by atoms with Crippen LogP contribution in [0.3, 0.4) is 0 Å². The number of aliphatic carboxylic acids is 1. The first-order valence-electron chi connectivity index (χ1n) is 8.52. The molecule has 126 valence electrons. The van der Waals surface area contributed by atoms with Gasteiger partial charge in [0.2, 0.25) is 0 Å². The molecule has 2 fully saturated rings. The fraction of sp³-hybridized carbons (Fsp3) is 0.474. The van der Waals surface area contributed by atoms with E-state index in [-0.39, 0.29) is 17.8 Å². The van der Waals surface area contributed by atoms with Crippen LogP contribution in [-0.2, 0) is 4.79 Å². The Balaban J connectivity index is 1.46. The van der Waals surface area contributed by atoms with Crippen LogP contribution >= 0.6 is 0 Å². The van der Waals surface area contributed by atoms with Crippen LogP contribution in [0.1, 0.15) is 26.2 Å². The van der Waals surface area contributed by atoms with Crippen LogP contribution in [-0.4, -0.2) is 22.2 Å². The third kappa shape index (κ3) is 2.52. The number of carboxylic acids is 1. The van der Waals surface area contributed by atoms with Crippen molar-refractivity contribution in [1.82, 2.24) is 4.98 Å². The second-order valence-electron chi connectivity index (χ2n) is 6.94. The lowest BCUT2D eigenvalue weighted by atomic mass is 9.94. The van der Waals surface area contributed by atoms with Crippen molar-refractivity contribution < 1.29 is 19.0 Å². The Labute approximate surface area is 139 Å². The fourth-order valence-electron chi connectivity index (χ4n) is 4.52. The van der Waals surface area contributed by atoms with E-state index in [0.717, 1.165) is 12.8 Å². The third-order valence-electron chi connectivity index (χ3n) is 5.65. The molecule has 1 aromatic heterocycles. The number of hydrogen-bond acceptors (Lipinski definition) is 3. The molecule has 0 amide bonds. The van der Waals surface area contributed by atoms with E-state index in [2.05, 4.69) is 4.98 Å². The van der Waals surface area contributed by atoms with Crippen LogP contribution in [0.5, 0.6) is 5.75 Å². The topological polar surface area (TPSA) is 59.4 Å². The summed E-state index contributed by atoms with van der Waals surface area (Å²) in [5, 5.41) is 10.00. The normalized spacial score (nSPS) is 29.2. The highest BCUT2D eigenvalue weighted by Gasteiger charge is 2.60. The summed E-state index contributed by atoms with van der Waals surface area (Å²) in [5.74, 6) is 0.678. The van der Waals surface area contributed by atoms with Gasteiger partial charge >= 0.3 is 5.97 Å². The number of fused-ring (bicyclic) bond motifs is 2. The van der Waals surface area contributed by atoms with Gasteiger partial charge in [0, 0.05) is 11.6 Å². The molecule has 0 radical (unpaired) electrons. The third-order valence-corrected chi connectivity index (χ3v) is 5.65. The van der Waals surface area contributed by atoms with Crippen LogP contribution in [0.15, 0.2) is 30.5 Å². The Morgan fingerprint density at radius 2 is 2.12 bits per heavy atom. The van der Waals surface area contributed by atoms with Gasteiger partial charge in [-0.1, -0.05) is 6.92 Å². The maximum Gasteiger partial charge on any atom is 0.306 e. The molecule has 0 aliphatic heterocycles. The van der Waals surface area contributed by atoms with E-state index in [1.54, 1.807) is 18.3 Å². The van der Waals surface area contributed by atoms with E-state index < -0.39 is 5.97 Å². The van der Waals surface area contributed by atoms with E-state index in [0.29, 0.717) is 40.8 Å². The molecule has 1 aromatic carbocycles. The number of pyridine rings is 1. The van der Waals surface area contributed by atoms with Crippen molar-refractivity contribution in [3.8, 4) is 5.75 Å². The molecule has 0 spiro atoms. The second kappa shape index (κ2) is 5.72. The molecule has 24 heavy (non-hydrogen) atoms. The number of halogens is 1. The van der Waals surface area contributed by atoms with Crippen LogP contribution < -0.4 is 4.74 Å². The van der Waals surface area contributed by atoms with Gasteiger partial charge < -0.3 is 9.84 Å². The Bertz CT molecular complexity index is 781. The lowest BCUT2D eigenvalue weighted by molar-refractivity contribution is -0.143. The molecule has 1 heterocycles. The summed E-state index contributed by atoms with van der Waals surface area (Å²) in [6.45, 7) is 1.94. The maximum atomic E-state index is 13.5. The molecule has 2 saturated carbocycles. The number of ether oxygens (including phenoxy) is 1. The lowest BCUT2D eigenvalue weighted by Crippen LogP contribution is -2.22. The summed E-state index contributed by atoms with van der Waals surface area (Å²) in [6.07, 6.45) is 4.21. The van der Waals surface area contributed by atoms with Crippen molar-refractivity contribution in [1.29, 1.82) is 0 Å². The first-order chi connectivity index (χ1) is 11.6. The van der Waals surface area contributed by atoms with Crippen LogP contribution in [0.4, 0.5) is 4.39 Å². The monoisotopic (exact) mass is 329 g/mol. The minimum absolute atomic E-state index is 0.0800. The minimum Gasteiger partial charge on any atom is -0.490 e. The van der Waals surface area contributed by atoms with E-state index >= 15 is 0 Å². The predicted molar refractivity (Wildman–Crippen MR) is 87.2 cm³/mol. The second-order valence-corrected chi connectivity index (χ2v) is 6.94. The molecule has 2 aliphatic carbocycles. The molecule has 5 heteroatoms. The van der Waals surface area contributed by atoms with Crippen molar-refractivity contribution in [3.05, 3.63) is 36.3 Å². The fourth-order valence-corrected chi connectivity index (χ4v) is 4.52. The van der Waals surface area contributed by atoms with Crippen molar-refractivity contribution in [2.24, 2.45) is 23.7 Å². The van der Waals surface area contributed by atoms with E-state index in [4.69, 9.17) is 4.74 Å². The standard InChI is InChI=1S/C19H20FNO3/c1-2-12(19(22)23)18-13-8-11(9-14(13)18)24-17-5-6-21-16-4-3-10(20)7-15(16)17/h3-7,11-14,18H,2,8-9H2,1H3,(H,22,23). The van der Waals surface area contributed by atoms with Gasteiger partial charge in [0.1, 0.15) is 11.6 Å². The Morgan fingerprint density at radius 1 is 1.38 bits per heavy atom. The van der Waals surface area contributed by atoms with E-state index in [1.807, 2.05) is 6.92 Å². The van der Waals surface area contributed by atoms with Gasteiger partial charge in [0.15, 0.2) is 0 Å². The van der Waals surface area contributed by atoms with Gasteiger partial charge in [-0.25, -0.2) is 4.39 Å². The summed E-state index contributed by atoms with van der Waals surface area (Å²) in [7, 11) is 0. The average molecular weight is 329 g/mol. The molecular formula is C19H20FNO3. The predicted octanol–water partition coefficient (Wildman–Crippen LogP) is 3.89. The maximum absolute atomic E-state index is 13.5. The highest BCUT2D eigenvalue weighted by Crippen LogP contribution is 2.61. The van der Waals surface area contributed by atoms with Gasteiger partial charge in [-0.15, -0.1) is 0 Å². The molecule has 3 atom stereocenters. The first kappa shape index (κ1) is 15.4. The molecule has 0 saturated heterocycles. The van der Waals surface area contributed by atoms with Gasteiger partial charge in [-0.3, -0.25) is 9.78 Å². The van der Waals surface area contributed by atoms with Crippen LogP contribution in [0.25, 0.3) is 10.9 Å².